The van der Waals surface area contributed by atoms with Crippen LogP contribution >= 0.6 is 0 Å². The van der Waals surface area contributed by atoms with Gasteiger partial charge in [-0.25, -0.2) is 4.98 Å². The summed E-state index contributed by atoms with van der Waals surface area (Å²) in [6.07, 6.45) is 3.47. The third-order valence-electron chi connectivity index (χ3n) is 3.10. The topological polar surface area (TPSA) is 60.7 Å². The number of pyridine rings is 1. The van der Waals surface area contributed by atoms with Crippen LogP contribution in [0.15, 0.2) is 59.7 Å². The van der Waals surface area contributed by atoms with Crippen molar-refractivity contribution in [1.82, 2.24) is 19.7 Å². The van der Waals surface area contributed by atoms with Crippen LogP contribution in [0.4, 0.5) is 0 Å². The van der Waals surface area contributed by atoms with Crippen molar-refractivity contribution in [3.05, 3.63) is 76.6 Å². The van der Waals surface area contributed by atoms with Gasteiger partial charge < -0.3 is 4.57 Å². The second-order valence-corrected chi connectivity index (χ2v) is 4.73. The summed E-state index contributed by atoms with van der Waals surface area (Å²) < 4.78 is 1.88. The second-order valence-electron chi connectivity index (χ2n) is 4.73. The Labute approximate surface area is 121 Å². The van der Waals surface area contributed by atoms with E-state index < -0.39 is 0 Å². The quantitative estimate of drug-likeness (QED) is 0.735. The molecule has 0 amide bonds. The highest BCUT2D eigenvalue weighted by Crippen LogP contribution is 2.20. The van der Waals surface area contributed by atoms with Crippen molar-refractivity contribution in [3.8, 4) is 11.3 Å². The summed E-state index contributed by atoms with van der Waals surface area (Å²) >= 11 is 0. The first-order valence-corrected chi connectivity index (χ1v) is 6.64. The lowest BCUT2D eigenvalue weighted by Gasteiger charge is -2.10. The largest absolute Gasteiger partial charge is 0.348 e. The van der Waals surface area contributed by atoms with Crippen LogP contribution in [0.25, 0.3) is 11.3 Å². The minimum absolute atomic E-state index is 0.0114. The number of aryl methyl sites for hydroxylation is 1. The normalized spacial score (nSPS) is 10.5. The van der Waals surface area contributed by atoms with Crippen molar-refractivity contribution in [2.24, 2.45) is 0 Å². The fourth-order valence-corrected chi connectivity index (χ4v) is 2.08. The molecule has 1 aromatic carbocycles. The van der Waals surface area contributed by atoms with E-state index in [9.17, 15) is 4.79 Å². The maximum atomic E-state index is 11.2. The number of benzene rings is 1. The lowest BCUT2D eigenvalue weighted by Crippen LogP contribution is -2.09. The number of nitrogens with zero attached hydrogens (tertiary/aromatic N) is 4. The fourth-order valence-electron chi connectivity index (χ4n) is 2.08. The zero-order chi connectivity index (χ0) is 14.7. The van der Waals surface area contributed by atoms with Gasteiger partial charge in [-0.2, -0.15) is 0 Å². The molecule has 0 aliphatic carbocycles. The Morgan fingerprint density at radius 1 is 1.00 bits per heavy atom. The number of aromatic nitrogens is 4. The third-order valence-corrected chi connectivity index (χ3v) is 3.10. The average molecular weight is 278 g/mol. The average Bonchev–Trinajstić information content (AvgIpc) is 2.52. The standard InChI is InChI=1S/C16H14N4O/c1-12-17-16(13-5-3-2-4-6-13)15(19-18-12)11-20-9-7-14(21)8-10-20/h2-10H,11H2,1H3. The number of hydrogen-bond donors (Lipinski definition) is 0. The molecule has 0 aliphatic heterocycles. The van der Waals surface area contributed by atoms with Gasteiger partial charge in [0.1, 0.15) is 11.5 Å². The van der Waals surface area contributed by atoms with Gasteiger partial charge in [-0.1, -0.05) is 30.3 Å². The summed E-state index contributed by atoms with van der Waals surface area (Å²) in [6.45, 7) is 2.34. The summed E-state index contributed by atoms with van der Waals surface area (Å²) in [5.41, 5.74) is 2.59. The molecule has 0 bridgehead atoms. The monoisotopic (exact) mass is 278 g/mol. The van der Waals surface area contributed by atoms with E-state index in [4.69, 9.17) is 0 Å². The molecule has 0 atom stereocenters. The molecule has 0 radical (unpaired) electrons. The predicted octanol–water partition coefficient (Wildman–Crippen LogP) is 2.06. The van der Waals surface area contributed by atoms with Gasteiger partial charge in [-0.3, -0.25) is 4.79 Å². The van der Waals surface area contributed by atoms with Crippen LogP contribution in [0.1, 0.15) is 11.5 Å². The minimum Gasteiger partial charge on any atom is -0.348 e. The Bertz CT molecular complexity index is 792. The van der Waals surface area contributed by atoms with Gasteiger partial charge in [0.05, 0.1) is 12.2 Å². The van der Waals surface area contributed by atoms with Gasteiger partial charge in [0.15, 0.2) is 5.43 Å². The van der Waals surface area contributed by atoms with Crippen LogP contribution in [0, 0.1) is 6.92 Å². The molecule has 2 aromatic heterocycles. The van der Waals surface area contributed by atoms with E-state index in [0.29, 0.717) is 12.4 Å². The highest BCUT2D eigenvalue weighted by molar-refractivity contribution is 5.61. The molecular formula is C16H14N4O. The van der Waals surface area contributed by atoms with Crippen LogP contribution in [-0.4, -0.2) is 19.7 Å². The third kappa shape index (κ3) is 3.02. The molecular weight excluding hydrogens is 264 g/mol. The highest BCUT2D eigenvalue weighted by Gasteiger charge is 2.10. The van der Waals surface area contributed by atoms with Crippen LogP contribution < -0.4 is 5.43 Å². The lowest BCUT2D eigenvalue weighted by molar-refractivity contribution is 0.730. The Balaban J connectivity index is 2.02. The van der Waals surface area contributed by atoms with Crippen molar-refractivity contribution >= 4 is 0 Å². The maximum Gasteiger partial charge on any atom is 0.181 e. The molecule has 21 heavy (non-hydrogen) atoms. The number of rotatable bonds is 3. The molecule has 0 spiro atoms. The molecule has 5 nitrogen and oxygen atoms in total. The van der Waals surface area contributed by atoms with Gasteiger partial charge in [0.25, 0.3) is 0 Å². The molecule has 3 aromatic rings. The van der Waals surface area contributed by atoms with Gasteiger partial charge in [-0.05, 0) is 6.92 Å². The van der Waals surface area contributed by atoms with E-state index in [2.05, 4.69) is 15.2 Å². The SMILES string of the molecule is Cc1nnc(Cn2ccc(=O)cc2)c(-c2ccccc2)n1. The summed E-state index contributed by atoms with van der Waals surface area (Å²) in [4.78, 5) is 15.7. The predicted molar refractivity (Wildman–Crippen MR) is 79.8 cm³/mol. The van der Waals surface area contributed by atoms with Crippen molar-refractivity contribution in [3.63, 3.8) is 0 Å². The van der Waals surface area contributed by atoms with Crippen molar-refractivity contribution in [1.29, 1.82) is 0 Å². The first-order valence-electron chi connectivity index (χ1n) is 6.64. The molecule has 0 unspecified atom stereocenters. The summed E-state index contributed by atoms with van der Waals surface area (Å²) in [6, 6.07) is 12.9. The molecule has 5 heteroatoms. The Hall–Kier alpha value is -2.82. The zero-order valence-electron chi connectivity index (χ0n) is 11.6. The first-order chi connectivity index (χ1) is 10.2. The molecule has 0 fully saturated rings. The molecule has 2 heterocycles. The molecule has 0 aliphatic rings. The smallest absolute Gasteiger partial charge is 0.181 e. The highest BCUT2D eigenvalue weighted by atomic mass is 16.1. The van der Waals surface area contributed by atoms with E-state index >= 15 is 0 Å². The summed E-state index contributed by atoms with van der Waals surface area (Å²) in [5.74, 6) is 0.637. The van der Waals surface area contributed by atoms with E-state index in [1.165, 1.54) is 12.1 Å². The molecule has 3 rings (SSSR count). The summed E-state index contributed by atoms with van der Waals surface area (Å²) in [7, 11) is 0. The fraction of sp³-hybridized carbons (Fsp3) is 0.125. The Kier molecular flexibility index (Phi) is 3.55. The summed E-state index contributed by atoms with van der Waals surface area (Å²) in [5, 5.41) is 8.30. The van der Waals surface area contributed by atoms with Crippen LogP contribution in [0.3, 0.4) is 0 Å². The van der Waals surface area contributed by atoms with E-state index in [1.807, 2.05) is 41.8 Å². The van der Waals surface area contributed by atoms with Gasteiger partial charge in [0, 0.05) is 30.1 Å². The molecule has 104 valence electrons. The molecule has 0 saturated carbocycles. The van der Waals surface area contributed by atoms with E-state index in [0.717, 1.165) is 17.0 Å². The van der Waals surface area contributed by atoms with E-state index in [1.54, 1.807) is 12.4 Å². The molecule has 0 saturated heterocycles. The lowest BCUT2D eigenvalue weighted by atomic mass is 10.1. The molecule has 0 N–H and O–H groups in total. The minimum atomic E-state index is -0.0114. The van der Waals surface area contributed by atoms with Crippen LogP contribution in [-0.2, 0) is 6.54 Å². The van der Waals surface area contributed by atoms with Crippen LogP contribution in [0.5, 0.6) is 0 Å². The van der Waals surface area contributed by atoms with Crippen molar-refractivity contribution < 1.29 is 0 Å². The zero-order valence-corrected chi connectivity index (χ0v) is 11.6. The Morgan fingerprint density at radius 3 is 2.43 bits per heavy atom. The maximum absolute atomic E-state index is 11.2. The van der Waals surface area contributed by atoms with Crippen molar-refractivity contribution in [2.45, 2.75) is 13.5 Å². The van der Waals surface area contributed by atoms with Crippen LogP contribution in [0.2, 0.25) is 0 Å². The van der Waals surface area contributed by atoms with Gasteiger partial charge in [-0.15, -0.1) is 10.2 Å². The van der Waals surface area contributed by atoms with Gasteiger partial charge >= 0.3 is 0 Å². The number of hydrogen-bond acceptors (Lipinski definition) is 4. The van der Waals surface area contributed by atoms with E-state index in [-0.39, 0.29) is 5.43 Å². The Morgan fingerprint density at radius 2 is 1.71 bits per heavy atom. The van der Waals surface area contributed by atoms with Crippen molar-refractivity contribution in [2.75, 3.05) is 0 Å². The first kappa shape index (κ1) is 13.2. The second kappa shape index (κ2) is 5.66. The van der Waals surface area contributed by atoms with Gasteiger partial charge in [0.2, 0.25) is 0 Å².